The Kier molecular flexibility index (Phi) is 7.71. The smallest absolute Gasteiger partial charge is 0.257 e. The average Bonchev–Trinajstić information content (AvgIpc) is 2.83. The summed E-state index contributed by atoms with van der Waals surface area (Å²) >= 11 is 0. The van der Waals surface area contributed by atoms with Crippen LogP contribution in [0.1, 0.15) is 43.3 Å². The molecule has 0 aliphatic carbocycles. The molecule has 0 radical (unpaired) electrons. The van der Waals surface area contributed by atoms with E-state index in [9.17, 15) is 4.79 Å². The zero-order valence-corrected chi connectivity index (χ0v) is 12.1. The highest BCUT2D eigenvalue weighted by molar-refractivity contribution is 5.94. The van der Waals surface area contributed by atoms with Gasteiger partial charge in [-0.1, -0.05) is 20.3 Å². The molecule has 104 valence electrons. The number of amides is 1. The summed E-state index contributed by atoms with van der Waals surface area (Å²) in [5, 5.41) is 0. The molecule has 1 amide bonds. The summed E-state index contributed by atoms with van der Waals surface area (Å²) in [5.41, 5.74) is 6.05. The second-order valence-corrected chi connectivity index (χ2v) is 4.36. The summed E-state index contributed by atoms with van der Waals surface area (Å²) in [4.78, 5) is 14.0. The van der Waals surface area contributed by atoms with Crippen molar-refractivity contribution in [1.29, 1.82) is 0 Å². The van der Waals surface area contributed by atoms with Crippen molar-refractivity contribution in [1.82, 2.24) is 4.90 Å². The molecule has 2 N–H and O–H groups in total. The number of nitrogens with two attached hydrogens (primary N) is 1. The van der Waals surface area contributed by atoms with Gasteiger partial charge >= 0.3 is 0 Å². The van der Waals surface area contributed by atoms with E-state index in [1.165, 1.54) is 6.26 Å². The zero-order chi connectivity index (χ0) is 12.8. The fourth-order valence-corrected chi connectivity index (χ4v) is 1.64. The molecule has 1 heterocycles. The van der Waals surface area contributed by atoms with Gasteiger partial charge in [-0.15, -0.1) is 12.4 Å². The van der Waals surface area contributed by atoms with Crippen molar-refractivity contribution >= 4 is 18.3 Å². The van der Waals surface area contributed by atoms with Crippen LogP contribution in [0.3, 0.4) is 0 Å². The fraction of sp³-hybridized carbons (Fsp3) is 0.615. The maximum atomic E-state index is 12.2. The van der Waals surface area contributed by atoms with Gasteiger partial charge in [0.05, 0.1) is 12.1 Å². The van der Waals surface area contributed by atoms with Gasteiger partial charge in [-0.05, 0) is 18.9 Å². The molecule has 0 saturated carbocycles. The highest BCUT2D eigenvalue weighted by Crippen LogP contribution is 2.12. The maximum absolute atomic E-state index is 12.2. The Hall–Kier alpha value is -1.00. The van der Waals surface area contributed by atoms with Gasteiger partial charge in [0.1, 0.15) is 12.0 Å². The molecule has 18 heavy (non-hydrogen) atoms. The third-order valence-corrected chi connectivity index (χ3v) is 3.00. The van der Waals surface area contributed by atoms with Gasteiger partial charge in [-0.3, -0.25) is 4.79 Å². The summed E-state index contributed by atoms with van der Waals surface area (Å²) in [6.45, 7) is 8.10. The van der Waals surface area contributed by atoms with Crippen molar-refractivity contribution in [3.63, 3.8) is 0 Å². The molecule has 5 heteroatoms. The van der Waals surface area contributed by atoms with E-state index in [1.807, 2.05) is 11.8 Å². The van der Waals surface area contributed by atoms with Crippen molar-refractivity contribution in [3.05, 3.63) is 23.7 Å². The maximum Gasteiger partial charge on any atom is 0.257 e. The number of nitrogens with zero attached hydrogens (tertiary/aromatic N) is 1. The van der Waals surface area contributed by atoms with E-state index in [0.29, 0.717) is 30.3 Å². The van der Waals surface area contributed by atoms with Crippen LogP contribution in [-0.4, -0.2) is 23.9 Å². The summed E-state index contributed by atoms with van der Waals surface area (Å²) in [6.07, 6.45) is 2.56. The molecule has 1 rings (SSSR count). The molecule has 1 atom stereocenters. The monoisotopic (exact) mass is 274 g/mol. The van der Waals surface area contributed by atoms with Crippen LogP contribution in [0.5, 0.6) is 0 Å². The van der Waals surface area contributed by atoms with Crippen LogP contribution in [0, 0.1) is 5.92 Å². The highest BCUT2D eigenvalue weighted by Gasteiger charge is 2.18. The van der Waals surface area contributed by atoms with Crippen LogP contribution in [-0.2, 0) is 6.54 Å². The Morgan fingerprint density at radius 2 is 2.17 bits per heavy atom. The lowest BCUT2D eigenvalue weighted by atomic mass is 10.1. The van der Waals surface area contributed by atoms with Crippen LogP contribution >= 0.6 is 12.4 Å². The molecule has 0 aliphatic heterocycles. The number of furan rings is 1. The van der Waals surface area contributed by atoms with E-state index in [1.54, 1.807) is 6.07 Å². The first-order valence-corrected chi connectivity index (χ1v) is 6.19. The first-order chi connectivity index (χ1) is 8.12. The molecular formula is C13H23ClN2O2. The van der Waals surface area contributed by atoms with Crippen LogP contribution in [0.4, 0.5) is 0 Å². The van der Waals surface area contributed by atoms with Gasteiger partial charge in [0.25, 0.3) is 5.91 Å². The van der Waals surface area contributed by atoms with Crippen LogP contribution in [0.15, 0.2) is 16.7 Å². The van der Waals surface area contributed by atoms with Gasteiger partial charge in [0, 0.05) is 13.1 Å². The van der Waals surface area contributed by atoms with E-state index in [0.717, 1.165) is 13.0 Å². The summed E-state index contributed by atoms with van der Waals surface area (Å²) in [5.74, 6) is 1.18. The largest absolute Gasteiger partial charge is 0.467 e. The quantitative estimate of drug-likeness (QED) is 0.868. The van der Waals surface area contributed by atoms with E-state index in [4.69, 9.17) is 10.2 Å². The Morgan fingerprint density at radius 3 is 2.61 bits per heavy atom. The highest BCUT2D eigenvalue weighted by atomic mass is 35.5. The first kappa shape index (κ1) is 17.0. The molecule has 0 saturated heterocycles. The summed E-state index contributed by atoms with van der Waals surface area (Å²) < 4.78 is 5.19. The molecule has 1 aromatic heterocycles. The molecule has 1 unspecified atom stereocenters. The number of hydrogen-bond donors (Lipinski definition) is 1. The Balaban J connectivity index is 0.00000289. The zero-order valence-electron chi connectivity index (χ0n) is 11.3. The molecule has 0 aliphatic rings. The second kappa shape index (κ2) is 8.16. The Morgan fingerprint density at radius 1 is 1.50 bits per heavy atom. The number of rotatable bonds is 6. The lowest BCUT2D eigenvalue weighted by Crippen LogP contribution is -2.34. The normalized spacial score (nSPS) is 11.8. The van der Waals surface area contributed by atoms with Crippen molar-refractivity contribution < 1.29 is 9.21 Å². The van der Waals surface area contributed by atoms with Crippen molar-refractivity contribution in [3.8, 4) is 0 Å². The number of hydrogen-bond acceptors (Lipinski definition) is 3. The summed E-state index contributed by atoms with van der Waals surface area (Å²) in [7, 11) is 0. The van der Waals surface area contributed by atoms with Crippen molar-refractivity contribution in [2.45, 2.75) is 33.7 Å². The van der Waals surface area contributed by atoms with Crippen molar-refractivity contribution in [2.24, 2.45) is 11.7 Å². The Bertz CT molecular complexity index is 366. The van der Waals surface area contributed by atoms with Gasteiger partial charge in [0.15, 0.2) is 0 Å². The third-order valence-electron chi connectivity index (χ3n) is 3.00. The minimum atomic E-state index is 0. The molecular weight excluding hydrogens is 252 g/mol. The molecule has 0 spiro atoms. The molecule has 4 nitrogen and oxygen atoms in total. The predicted molar refractivity (Wildman–Crippen MR) is 74.9 cm³/mol. The standard InChI is InChI=1S/C13H22N2O2.ClH/c1-4-10(3)8-15(5-2)13(16)11-6-12(7-14)17-9-11;/h6,9-10H,4-5,7-8,14H2,1-3H3;1H. The predicted octanol–water partition coefficient (Wildman–Crippen LogP) is 2.67. The second-order valence-electron chi connectivity index (χ2n) is 4.36. The van der Waals surface area contributed by atoms with Crippen molar-refractivity contribution in [2.75, 3.05) is 13.1 Å². The minimum Gasteiger partial charge on any atom is -0.467 e. The van der Waals surface area contributed by atoms with Crippen LogP contribution in [0.2, 0.25) is 0 Å². The average molecular weight is 275 g/mol. The van der Waals surface area contributed by atoms with Gasteiger partial charge in [0.2, 0.25) is 0 Å². The van der Waals surface area contributed by atoms with Crippen LogP contribution in [0.25, 0.3) is 0 Å². The number of carbonyl (C=O) groups excluding carboxylic acids is 1. The minimum absolute atomic E-state index is 0. The Labute approximate surface area is 115 Å². The van der Waals surface area contributed by atoms with E-state index in [2.05, 4.69) is 13.8 Å². The van der Waals surface area contributed by atoms with Gasteiger partial charge in [-0.25, -0.2) is 0 Å². The van der Waals surface area contributed by atoms with Gasteiger partial charge in [-0.2, -0.15) is 0 Å². The van der Waals surface area contributed by atoms with E-state index < -0.39 is 0 Å². The lowest BCUT2D eigenvalue weighted by Gasteiger charge is -2.23. The fourth-order valence-electron chi connectivity index (χ4n) is 1.64. The summed E-state index contributed by atoms with van der Waals surface area (Å²) in [6, 6.07) is 1.72. The van der Waals surface area contributed by atoms with E-state index >= 15 is 0 Å². The third kappa shape index (κ3) is 4.35. The first-order valence-electron chi connectivity index (χ1n) is 6.19. The number of halogens is 1. The molecule has 0 fully saturated rings. The van der Waals surface area contributed by atoms with Crippen LogP contribution < -0.4 is 5.73 Å². The van der Waals surface area contributed by atoms with E-state index in [-0.39, 0.29) is 18.3 Å². The molecule has 1 aromatic rings. The number of carbonyl (C=O) groups is 1. The molecule has 0 bridgehead atoms. The van der Waals surface area contributed by atoms with Gasteiger partial charge < -0.3 is 15.1 Å². The SMILES string of the molecule is CCC(C)CN(CC)C(=O)c1coc(CN)c1.Cl. The topological polar surface area (TPSA) is 59.5 Å². The lowest BCUT2D eigenvalue weighted by molar-refractivity contribution is 0.0740. The molecule has 0 aromatic carbocycles.